The number of carbonyl (C=O) groups is 1. The van der Waals surface area contributed by atoms with Crippen molar-refractivity contribution in [3.63, 3.8) is 0 Å². The minimum absolute atomic E-state index is 0. The minimum Gasteiger partial charge on any atom is -0.507 e. The van der Waals surface area contributed by atoms with E-state index in [9.17, 15) is 18.3 Å². The number of aliphatic carboxylic acids is 1. The van der Waals surface area contributed by atoms with Gasteiger partial charge in [0.05, 0.1) is 4.90 Å². The Kier molecular flexibility index (Phi) is 12.2. The van der Waals surface area contributed by atoms with Gasteiger partial charge >= 0.3 is 57.4 Å². The van der Waals surface area contributed by atoms with E-state index in [1.807, 2.05) is 0 Å². The Morgan fingerprint density at radius 3 is 2.17 bits per heavy atom. The number of carboxylic acids is 1. The van der Waals surface area contributed by atoms with Gasteiger partial charge < -0.3 is 22.9 Å². The molecule has 0 unspecified atom stereocenters. The molecule has 126 valence electrons. The average Bonchev–Trinajstić information content (AvgIpc) is 2.48. The Morgan fingerprint density at radius 1 is 1.25 bits per heavy atom. The van der Waals surface area contributed by atoms with Crippen LogP contribution in [0.4, 0.5) is 5.69 Å². The van der Waals surface area contributed by atoms with Gasteiger partial charge in [-0.1, -0.05) is 6.58 Å². The maximum atomic E-state index is 10.9. The minimum atomic E-state index is -4.33. The Balaban J connectivity index is 0. The molecule has 9 heteroatoms. The van der Waals surface area contributed by atoms with Crippen LogP contribution in [-0.2, 0) is 14.9 Å². The predicted octanol–water partition coefficient (Wildman–Crippen LogP) is -0.524. The number of benzene rings is 2. The SMILES string of the molecule is C=CC(=O)O.Nc1ccc2c(O)cc(S(=O)(=O)O)cc2c1.[CH2-]C.[K+]. The summed E-state index contributed by atoms with van der Waals surface area (Å²) in [6, 6.07) is 6.93. The van der Waals surface area contributed by atoms with E-state index >= 15 is 0 Å². The molecule has 0 atom stereocenters. The average molecular weight is 379 g/mol. The zero-order valence-electron chi connectivity index (χ0n) is 13.4. The smallest absolute Gasteiger partial charge is 0.507 e. The summed E-state index contributed by atoms with van der Waals surface area (Å²) in [6.45, 7) is 7.96. The van der Waals surface area contributed by atoms with Gasteiger partial charge in [-0.25, -0.2) is 4.79 Å². The first kappa shape index (κ1) is 25.3. The number of anilines is 1. The first-order valence-electron chi connectivity index (χ1n) is 6.21. The number of aromatic hydroxyl groups is 1. The van der Waals surface area contributed by atoms with Crippen molar-refractivity contribution in [1.82, 2.24) is 0 Å². The van der Waals surface area contributed by atoms with Crippen LogP contribution >= 0.6 is 0 Å². The van der Waals surface area contributed by atoms with E-state index in [4.69, 9.17) is 15.4 Å². The molecule has 0 aliphatic heterocycles. The van der Waals surface area contributed by atoms with E-state index in [2.05, 4.69) is 13.5 Å². The summed E-state index contributed by atoms with van der Waals surface area (Å²) in [7, 11) is -4.33. The van der Waals surface area contributed by atoms with Gasteiger partial charge in [0.1, 0.15) is 5.75 Å². The van der Waals surface area contributed by atoms with Crippen molar-refractivity contribution in [1.29, 1.82) is 0 Å². The molecule has 0 aliphatic rings. The van der Waals surface area contributed by atoms with Crippen LogP contribution in [0.3, 0.4) is 0 Å². The zero-order chi connectivity index (χ0) is 18.2. The van der Waals surface area contributed by atoms with Crippen LogP contribution < -0.4 is 57.1 Å². The van der Waals surface area contributed by atoms with E-state index in [1.54, 1.807) is 19.1 Å². The quantitative estimate of drug-likeness (QED) is 0.181. The maximum absolute atomic E-state index is 10.9. The Labute approximate surface area is 183 Å². The molecule has 0 aliphatic carbocycles. The van der Waals surface area contributed by atoms with E-state index in [0.717, 1.165) is 12.1 Å². The third kappa shape index (κ3) is 8.24. The van der Waals surface area contributed by atoms with Crippen molar-refractivity contribution in [3.05, 3.63) is 49.9 Å². The van der Waals surface area contributed by atoms with Gasteiger partial charge in [-0.05, 0) is 29.7 Å². The second kappa shape index (κ2) is 11.6. The second-order valence-corrected chi connectivity index (χ2v) is 5.36. The third-order valence-corrected chi connectivity index (χ3v) is 3.23. The van der Waals surface area contributed by atoms with Crippen molar-refractivity contribution in [2.45, 2.75) is 11.8 Å². The molecule has 0 spiro atoms. The topological polar surface area (TPSA) is 138 Å². The number of phenolic OH excluding ortho intramolecular Hbond substituents is 1. The molecule has 0 saturated carbocycles. The van der Waals surface area contributed by atoms with E-state index in [1.165, 1.54) is 12.1 Å². The molecule has 2 aromatic rings. The van der Waals surface area contributed by atoms with Crippen molar-refractivity contribution in [3.8, 4) is 5.75 Å². The van der Waals surface area contributed by atoms with E-state index < -0.39 is 16.1 Å². The van der Waals surface area contributed by atoms with Gasteiger partial charge in [0, 0.05) is 23.2 Å². The van der Waals surface area contributed by atoms with E-state index in [0.29, 0.717) is 16.5 Å². The van der Waals surface area contributed by atoms with Crippen LogP contribution in [-0.4, -0.2) is 29.2 Å². The van der Waals surface area contributed by atoms with Gasteiger partial charge in [0.25, 0.3) is 10.1 Å². The van der Waals surface area contributed by atoms with Crippen LogP contribution in [0.1, 0.15) is 6.92 Å². The summed E-state index contributed by atoms with van der Waals surface area (Å²) in [5.41, 5.74) is 5.98. The molecule has 0 saturated heterocycles. The molecule has 2 rings (SSSR count). The molecule has 0 aromatic heterocycles. The summed E-state index contributed by atoms with van der Waals surface area (Å²) < 4.78 is 30.7. The molecular formula is C15H18KNO6S. The van der Waals surface area contributed by atoms with E-state index in [-0.39, 0.29) is 62.0 Å². The maximum Gasteiger partial charge on any atom is 1.00 e. The molecule has 2 aromatic carbocycles. The molecule has 24 heavy (non-hydrogen) atoms. The second-order valence-electron chi connectivity index (χ2n) is 3.94. The van der Waals surface area contributed by atoms with Crippen molar-refractivity contribution >= 4 is 32.5 Å². The van der Waals surface area contributed by atoms with Crippen LogP contribution in [0, 0.1) is 6.92 Å². The Bertz CT molecular complexity index is 805. The molecule has 0 amide bonds. The fraction of sp³-hybridized carbons (Fsp3) is 0.0667. The molecular weight excluding hydrogens is 361 g/mol. The normalized spacial score (nSPS) is 9.46. The van der Waals surface area contributed by atoms with Gasteiger partial charge in [-0.2, -0.15) is 15.3 Å². The van der Waals surface area contributed by atoms with Gasteiger partial charge in [-0.15, -0.1) is 0 Å². The summed E-state index contributed by atoms with van der Waals surface area (Å²) in [5.74, 6) is -1.20. The van der Waals surface area contributed by atoms with Crippen LogP contribution in [0.2, 0.25) is 0 Å². The Morgan fingerprint density at radius 2 is 1.75 bits per heavy atom. The fourth-order valence-electron chi connectivity index (χ4n) is 1.49. The van der Waals surface area contributed by atoms with Crippen molar-refractivity contribution in [2.75, 3.05) is 5.73 Å². The molecule has 0 heterocycles. The standard InChI is InChI=1S/C10H9NO4S.C3H4O2.C2H5.K/c11-7-1-2-9-6(3-7)4-8(5-10(9)12)16(13,14)15;1-2-3(4)5;1-2;/h1-5,12H,11H2,(H,13,14,15);2H,1H2,(H,4,5);1H2,2H3;/q;;-1;+1. The van der Waals surface area contributed by atoms with Crippen LogP contribution in [0.5, 0.6) is 5.75 Å². The number of nitrogen functional groups attached to an aromatic ring is 1. The summed E-state index contributed by atoms with van der Waals surface area (Å²) in [4.78, 5) is 8.89. The predicted molar refractivity (Wildman–Crippen MR) is 88.7 cm³/mol. The first-order chi connectivity index (χ1) is 10.6. The number of hydrogen-bond acceptors (Lipinski definition) is 5. The van der Waals surface area contributed by atoms with Gasteiger partial charge in [0.15, 0.2) is 0 Å². The number of fused-ring (bicyclic) bond motifs is 1. The summed E-state index contributed by atoms with van der Waals surface area (Å²) >= 11 is 0. The zero-order valence-corrected chi connectivity index (χ0v) is 17.4. The monoisotopic (exact) mass is 379 g/mol. The number of carboxylic acid groups (broad SMARTS) is 1. The number of rotatable bonds is 2. The molecule has 5 N–H and O–H groups in total. The number of hydrogen-bond donors (Lipinski definition) is 4. The number of nitrogens with two attached hydrogens (primary N) is 1. The molecule has 0 fully saturated rings. The van der Waals surface area contributed by atoms with Crippen LogP contribution in [0.25, 0.3) is 10.8 Å². The largest absolute Gasteiger partial charge is 1.00 e. The molecule has 0 radical (unpaired) electrons. The third-order valence-electron chi connectivity index (χ3n) is 2.40. The summed E-state index contributed by atoms with van der Waals surface area (Å²) in [5, 5.41) is 18.1. The van der Waals surface area contributed by atoms with Crippen molar-refractivity contribution < 1.29 is 79.4 Å². The molecule has 7 nitrogen and oxygen atoms in total. The van der Waals surface area contributed by atoms with Gasteiger partial charge in [-0.3, -0.25) is 4.55 Å². The van der Waals surface area contributed by atoms with Crippen LogP contribution in [0.15, 0.2) is 47.9 Å². The number of phenols is 1. The van der Waals surface area contributed by atoms with Crippen molar-refractivity contribution in [2.24, 2.45) is 0 Å². The fourth-order valence-corrected chi connectivity index (χ4v) is 2.03. The Hall–Kier alpha value is -0.944. The summed E-state index contributed by atoms with van der Waals surface area (Å²) in [6.07, 6.45) is 0.833. The van der Waals surface area contributed by atoms with Gasteiger partial charge in [0.2, 0.25) is 0 Å². The first-order valence-corrected chi connectivity index (χ1v) is 7.65. The molecule has 0 bridgehead atoms.